The summed E-state index contributed by atoms with van der Waals surface area (Å²) in [4.78, 5) is 7.07. The second-order valence-corrected chi connectivity index (χ2v) is 11.2. The average Bonchev–Trinajstić information content (AvgIpc) is 3.74. The van der Waals surface area contributed by atoms with E-state index < -0.39 is 0 Å². The second kappa shape index (κ2) is 8.72. The summed E-state index contributed by atoms with van der Waals surface area (Å²) in [5, 5.41) is 8.69. The van der Waals surface area contributed by atoms with E-state index in [4.69, 9.17) is 18.2 Å². The molecular weight excluding hydrogens is 544 g/mol. The van der Waals surface area contributed by atoms with Crippen molar-refractivity contribution >= 4 is 93.8 Å². The molecule has 4 aromatic heterocycles. The van der Waals surface area contributed by atoms with Crippen LogP contribution in [0.3, 0.4) is 0 Å². The van der Waals surface area contributed by atoms with E-state index in [0.29, 0.717) is 11.4 Å². The van der Waals surface area contributed by atoms with Gasteiger partial charge in [0.15, 0.2) is 11.4 Å². The molecule has 5 nitrogen and oxygen atoms in total. The van der Waals surface area contributed by atoms with E-state index in [1.165, 1.54) is 5.39 Å². The Labute approximate surface area is 250 Å². The van der Waals surface area contributed by atoms with Crippen molar-refractivity contribution in [2.75, 3.05) is 4.90 Å². The molecule has 0 N–H and O–H groups in total. The SMILES string of the molecule is c1ccc2cc3c(cc2c1)oc1c(N(c2ccc4c(c2)oc2ccccc24)c2ccc4c(c2)oc2ccccc24)nccc13. The zero-order valence-electron chi connectivity index (χ0n) is 23.3. The Kier molecular flexibility index (Phi) is 4.66. The minimum Gasteiger partial charge on any atom is -0.456 e. The van der Waals surface area contributed by atoms with Gasteiger partial charge in [-0.15, -0.1) is 0 Å². The topological polar surface area (TPSA) is 55.6 Å². The monoisotopic (exact) mass is 566 g/mol. The number of hydrogen-bond donors (Lipinski definition) is 0. The van der Waals surface area contributed by atoms with Crippen LogP contribution in [0.2, 0.25) is 0 Å². The van der Waals surface area contributed by atoms with Gasteiger partial charge in [0.05, 0.1) is 11.4 Å². The molecule has 44 heavy (non-hydrogen) atoms. The normalized spacial score (nSPS) is 12.1. The molecule has 0 saturated heterocycles. The van der Waals surface area contributed by atoms with Crippen LogP contribution in [-0.4, -0.2) is 4.98 Å². The molecule has 10 rings (SSSR count). The van der Waals surface area contributed by atoms with Crippen LogP contribution < -0.4 is 4.90 Å². The van der Waals surface area contributed by atoms with Gasteiger partial charge in [-0.3, -0.25) is 4.90 Å². The highest BCUT2D eigenvalue weighted by Crippen LogP contribution is 2.44. The average molecular weight is 567 g/mol. The van der Waals surface area contributed by atoms with Crippen LogP contribution in [0, 0.1) is 0 Å². The molecule has 0 saturated carbocycles. The Balaban J connectivity index is 1.26. The molecular formula is C39H22N2O3. The Hall–Kier alpha value is -6.07. The summed E-state index contributed by atoms with van der Waals surface area (Å²) >= 11 is 0. The lowest BCUT2D eigenvalue weighted by Crippen LogP contribution is -2.11. The molecule has 10 aromatic rings. The summed E-state index contributed by atoms with van der Waals surface area (Å²) in [5.74, 6) is 0.689. The van der Waals surface area contributed by atoms with Crippen molar-refractivity contribution in [1.82, 2.24) is 4.98 Å². The van der Waals surface area contributed by atoms with Crippen molar-refractivity contribution in [1.29, 1.82) is 0 Å². The highest BCUT2D eigenvalue weighted by molar-refractivity contribution is 6.14. The molecule has 0 aliphatic rings. The number of hydrogen-bond acceptors (Lipinski definition) is 5. The summed E-state index contributed by atoms with van der Waals surface area (Å²) in [6, 6.07) is 43.6. The van der Waals surface area contributed by atoms with E-state index in [1.54, 1.807) is 0 Å². The number of anilines is 3. The first kappa shape index (κ1) is 23.5. The first-order chi connectivity index (χ1) is 21.8. The molecule has 0 aliphatic carbocycles. The van der Waals surface area contributed by atoms with Crippen LogP contribution in [-0.2, 0) is 0 Å². The highest BCUT2D eigenvalue weighted by atomic mass is 16.3. The molecule has 0 amide bonds. The zero-order chi connectivity index (χ0) is 28.8. The second-order valence-electron chi connectivity index (χ2n) is 11.2. The van der Waals surface area contributed by atoms with Crippen molar-refractivity contribution in [3.8, 4) is 0 Å². The Bertz CT molecular complexity index is 2630. The molecule has 0 atom stereocenters. The van der Waals surface area contributed by atoms with Crippen molar-refractivity contribution in [3.63, 3.8) is 0 Å². The number of para-hydroxylation sites is 2. The number of fused-ring (bicyclic) bond motifs is 10. The van der Waals surface area contributed by atoms with Gasteiger partial charge >= 0.3 is 0 Å². The lowest BCUT2D eigenvalue weighted by Gasteiger charge is -2.24. The van der Waals surface area contributed by atoms with Gasteiger partial charge in [0, 0.05) is 50.6 Å². The number of aromatic nitrogens is 1. The third-order valence-electron chi connectivity index (χ3n) is 8.69. The van der Waals surface area contributed by atoms with Gasteiger partial charge in [-0.1, -0.05) is 60.7 Å². The smallest absolute Gasteiger partial charge is 0.181 e. The summed E-state index contributed by atoms with van der Waals surface area (Å²) in [6.07, 6.45) is 1.86. The third kappa shape index (κ3) is 3.32. The highest BCUT2D eigenvalue weighted by Gasteiger charge is 2.23. The Morgan fingerprint density at radius 2 is 0.955 bits per heavy atom. The summed E-state index contributed by atoms with van der Waals surface area (Å²) in [7, 11) is 0. The first-order valence-corrected chi connectivity index (χ1v) is 14.6. The third-order valence-corrected chi connectivity index (χ3v) is 8.69. The molecule has 4 heterocycles. The lowest BCUT2D eigenvalue weighted by atomic mass is 10.1. The van der Waals surface area contributed by atoms with Gasteiger partial charge in [-0.05, 0) is 65.4 Å². The fourth-order valence-electron chi connectivity index (χ4n) is 6.63. The van der Waals surface area contributed by atoms with Gasteiger partial charge in [-0.2, -0.15) is 0 Å². The van der Waals surface area contributed by atoms with Crippen LogP contribution in [0.1, 0.15) is 0 Å². The molecule has 0 radical (unpaired) electrons. The molecule has 5 heteroatoms. The van der Waals surface area contributed by atoms with Gasteiger partial charge in [-0.25, -0.2) is 4.98 Å². The molecule has 0 bridgehead atoms. The number of rotatable bonds is 3. The van der Waals surface area contributed by atoms with Crippen LogP contribution in [0.4, 0.5) is 17.2 Å². The van der Waals surface area contributed by atoms with Crippen molar-refractivity contribution in [3.05, 3.63) is 134 Å². The first-order valence-electron chi connectivity index (χ1n) is 14.6. The zero-order valence-corrected chi connectivity index (χ0v) is 23.3. The number of benzene rings is 6. The maximum Gasteiger partial charge on any atom is 0.181 e. The van der Waals surface area contributed by atoms with Crippen LogP contribution in [0.25, 0.3) is 76.6 Å². The summed E-state index contributed by atoms with van der Waals surface area (Å²) in [6.45, 7) is 0. The Morgan fingerprint density at radius 3 is 1.61 bits per heavy atom. The minimum absolute atomic E-state index is 0.689. The summed E-state index contributed by atoms with van der Waals surface area (Å²) < 4.78 is 19.3. The van der Waals surface area contributed by atoms with Crippen LogP contribution in [0.5, 0.6) is 0 Å². The quantitative estimate of drug-likeness (QED) is 0.213. The maximum absolute atomic E-state index is 6.64. The lowest BCUT2D eigenvalue weighted by molar-refractivity contribution is 0.666. The van der Waals surface area contributed by atoms with E-state index in [0.717, 1.165) is 77.0 Å². The van der Waals surface area contributed by atoms with E-state index in [2.05, 4.69) is 83.8 Å². The van der Waals surface area contributed by atoms with Crippen molar-refractivity contribution in [2.24, 2.45) is 0 Å². The maximum atomic E-state index is 6.64. The van der Waals surface area contributed by atoms with Crippen LogP contribution >= 0.6 is 0 Å². The van der Waals surface area contributed by atoms with E-state index in [1.807, 2.05) is 54.7 Å². The molecule has 0 spiro atoms. The van der Waals surface area contributed by atoms with Gasteiger partial charge in [0.2, 0.25) is 0 Å². The van der Waals surface area contributed by atoms with Gasteiger partial charge in [0.25, 0.3) is 0 Å². The van der Waals surface area contributed by atoms with Crippen LogP contribution in [0.15, 0.2) is 147 Å². The number of furan rings is 3. The standard InChI is InChI=1S/C39H22N2O3/c1-2-8-24-20-35-32(19-23(24)7-1)31-17-18-40-39(38(31)44-35)41(25-13-15-29-27-9-3-5-11-33(27)42-36(29)21-25)26-14-16-30-28-10-4-6-12-34(28)43-37(30)22-26/h1-22H. The summed E-state index contributed by atoms with van der Waals surface area (Å²) in [5.41, 5.74) is 6.68. The van der Waals surface area contributed by atoms with Crippen molar-refractivity contribution < 1.29 is 13.3 Å². The number of nitrogens with zero attached hydrogens (tertiary/aromatic N) is 2. The van der Waals surface area contributed by atoms with E-state index in [9.17, 15) is 0 Å². The predicted octanol–water partition coefficient (Wildman–Crippen LogP) is 11.4. The van der Waals surface area contributed by atoms with E-state index in [-0.39, 0.29) is 0 Å². The van der Waals surface area contributed by atoms with Gasteiger partial charge < -0.3 is 13.3 Å². The fourth-order valence-corrected chi connectivity index (χ4v) is 6.63. The predicted molar refractivity (Wildman–Crippen MR) is 178 cm³/mol. The largest absolute Gasteiger partial charge is 0.456 e. The van der Waals surface area contributed by atoms with Crippen molar-refractivity contribution in [2.45, 2.75) is 0 Å². The molecule has 0 unspecified atom stereocenters. The Morgan fingerprint density at radius 1 is 0.409 bits per heavy atom. The van der Waals surface area contributed by atoms with Gasteiger partial charge in [0.1, 0.15) is 27.9 Å². The molecule has 206 valence electrons. The number of pyridine rings is 1. The molecule has 0 aliphatic heterocycles. The molecule has 6 aromatic carbocycles. The molecule has 0 fully saturated rings. The fraction of sp³-hybridized carbons (Fsp3) is 0. The minimum atomic E-state index is 0.689. The van der Waals surface area contributed by atoms with E-state index >= 15 is 0 Å².